The van der Waals surface area contributed by atoms with Crippen LogP contribution in [0, 0.1) is 6.92 Å². The van der Waals surface area contributed by atoms with Crippen molar-refractivity contribution in [2.75, 3.05) is 39.5 Å². The summed E-state index contributed by atoms with van der Waals surface area (Å²) in [6, 6.07) is 8.18. The fourth-order valence-corrected chi connectivity index (χ4v) is 3.05. The number of nitrogens with one attached hydrogen (secondary N) is 2. The zero-order valence-corrected chi connectivity index (χ0v) is 20.2. The molecule has 0 radical (unpaired) electrons. The highest BCUT2D eigenvalue weighted by molar-refractivity contribution is 14.0. The predicted molar refractivity (Wildman–Crippen MR) is 130 cm³/mol. The minimum absolute atomic E-state index is 0. The Hall–Kier alpha value is -1.65. The highest BCUT2D eigenvalue weighted by Gasteiger charge is 2.15. The Kier molecular flexibility index (Phi) is 11.2. The van der Waals surface area contributed by atoms with Crippen molar-refractivity contribution in [3.63, 3.8) is 0 Å². The van der Waals surface area contributed by atoms with Gasteiger partial charge in [0.15, 0.2) is 5.96 Å². The molecule has 2 N–H and O–H groups in total. The van der Waals surface area contributed by atoms with E-state index >= 15 is 0 Å². The summed E-state index contributed by atoms with van der Waals surface area (Å²) >= 11 is 0. The summed E-state index contributed by atoms with van der Waals surface area (Å²) in [6.45, 7) is 8.67. The first-order chi connectivity index (χ1) is 14.2. The van der Waals surface area contributed by atoms with Crippen LogP contribution in [-0.4, -0.2) is 56.5 Å². The molecule has 0 spiro atoms. The number of guanidine groups is 1. The van der Waals surface area contributed by atoms with Gasteiger partial charge in [-0.1, -0.05) is 17.7 Å². The van der Waals surface area contributed by atoms with Crippen LogP contribution in [0.1, 0.15) is 31.0 Å². The monoisotopic (exact) mass is 528 g/mol. The zero-order chi connectivity index (χ0) is 20.3. The number of rotatable bonds is 10. The second-order valence-corrected chi connectivity index (χ2v) is 7.16. The average Bonchev–Trinajstić information content (AvgIpc) is 3.40. The van der Waals surface area contributed by atoms with Gasteiger partial charge in [0.2, 0.25) is 5.89 Å². The molecule has 3 rings (SSSR count). The smallest absolute Gasteiger partial charge is 0.226 e. The first kappa shape index (κ1) is 24.6. The van der Waals surface area contributed by atoms with Crippen LogP contribution in [0.5, 0.6) is 0 Å². The van der Waals surface area contributed by atoms with Crippen molar-refractivity contribution in [2.45, 2.75) is 39.2 Å². The first-order valence-corrected chi connectivity index (χ1v) is 10.5. The van der Waals surface area contributed by atoms with Crippen LogP contribution in [0.2, 0.25) is 0 Å². The maximum Gasteiger partial charge on any atom is 0.226 e. The summed E-state index contributed by atoms with van der Waals surface area (Å²) in [5.41, 5.74) is 3.14. The molecule has 1 fully saturated rings. The van der Waals surface area contributed by atoms with E-state index < -0.39 is 0 Å². The molecule has 8 heteroatoms. The number of ether oxygens (including phenoxy) is 2. The van der Waals surface area contributed by atoms with Crippen LogP contribution in [-0.2, 0) is 15.9 Å². The van der Waals surface area contributed by atoms with Crippen LogP contribution >= 0.6 is 24.0 Å². The van der Waals surface area contributed by atoms with Crippen molar-refractivity contribution in [1.29, 1.82) is 0 Å². The lowest BCUT2D eigenvalue weighted by molar-refractivity contribution is 0.0424. The Morgan fingerprint density at radius 3 is 2.83 bits per heavy atom. The van der Waals surface area contributed by atoms with Gasteiger partial charge in [-0.2, -0.15) is 0 Å². The molecule has 1 aromatic heterocycles. The molecule has 1 atom stereocenters. The molecule has 0 saturated carbocycles. The normalized spacial score (nSPS) is 16.3. The topological polar surface area (TPSA) is 80.9 Å². The third kappa shape index (κ3) is 8.23. The molecule has 30 heavy (non-hydrogen) atoms. The van der Waals surface area contributed by atoms with E-state index in [1.54, 1.807) is 6.26 Å². The van der Waals surface area contributed by atoms with Crippen molar-refractivity contribution in [3.8, 4) is 11.5 Å². The van der Waals surface area contributed by atoms with Gasteiger partial charge in [-0.05, 0) is 38.8 Å². The number of aryl methyl sites for hydroxylation is 1. The van der Waals surface area contributed by atoms with Gasteiger partial charge in [-0.3, -0.25) is 4.99 Å². The Labute approximate surface area is 196 Å². The molecule has 2 aromatic rings. The lowest BCUT2D eigenvalue weighted by Crippen LogP contribution is -2.38. The second kappa shape index (κ2) is 13.6. The SMILES string of the molecule is CCNC(=NCCCOC1CCOC1)NCCc1coc(-c2ccc(C)cc2)n1.I. The summed E-state index contributed by atoms with van der Waals surface area (Å²) in [4.78, 5) is 9.19. The lowest BCUT2D eigenvalue weighted by atomic mass is 10.1. The van der Waals surface area contributed by atoms with Crippen molar-refractivity contribution in [1.82, 2.24) is 15.6 Å². The standard InChI is InChI=1S/C22H32N4O3.HI/c1-3-23-22(24-11-4-13-28-20-10-14-27-16-20)25-12-9-19-15-29-21(26-19)18-7-5-17(2)6-8-18;/h5-8,15,20H,3-4,9-14,16H2,1-2H3,(H2,23,24,25);1H. The maximum atomic E-state index is 5.78. The van der Waals surface area contributed by atoms with E-state index in [0.717, 1.165) is 75.9 Å². The van der Waals surface area contributed by atoms with Gasteiger partial charge in [-0.15, -0.1) is 24.0 Å². The summed E-state index contributed by atoms with van der Waals surface area (Å²) < 4.78 is 16.7. The molecule has 1 aromatic carbocycles. The minimum Gasteiger partial charge on any atom is -0.444 e. The Morgan fingerprint density at radius 1 is 1.27 bits per heavy atom. The lowest BCUT2D eigenvalue weighted by Gasteiger charge is -2.11. The number of hydrogen-bond donors (Lipinski definition) is 2. The number of halogens is 1. The van der Waals surface area contributed by atoms with Crippen LogP contribution in [0.25, 0.3) is 11.5 Å². The fraction of sp³-hybridized carbons (Fsp3) is 0.545. The number of aliphatic imine (C=N–C) groups is 1. The minimum atomic E-state index is 0. The second-order valence-electron chi connectivity index (χ2n) is 7.16. The van der Waals surface area contributed by atoms with Crippen molar-refractivity contribution >= 4 is 29.9 Å². The highest BCUT2D eigenvalue weighted by atomic mass is 127. The molecule has 7 nitrogen and oxygen atoms in total. The van der Waals surface area contributed by atoms with E-state index in [1.807, 2.05) is 12.1 Å². The first-order valence-electron chi connectivity index (χ1n) is 10.5. The Morgan fingerprint density at radius 2 is 2.10 bits per heavy atom. The number of benzene rings is 1. The van der Waals surface area contributed by atoms with Gasteiger partial charge in [-0.25, -0.2) is 4.98 Å². The molecule has 166 valence electrons. The molecule has 2 heterocycles. The number of aromatic nitrogens is 1. The summed E-state index contributed by atoms with van der Waals surface area (Å²) in [6.07, 6.45) is 4.66. The van der Waals surface area contributed by atoms with Gasteiger partial charge >= 0.3 is 0 Å². The largest absolute Gasteiger partial charge is 0.444 e. The third-order valence-corrected chi connectivity index (χ3v) is 4.68. The quantitative estimate of drug-likeness (QED) is 0.213. The van der Waals surface area contributed by atoms with E-state index in [9.17, 15) is 0 Å². The van der Waals surface area contributed by atoms with Gasteiger partial charge in [0.1, 0.15) is 6.26 Å². The maximum absolute atomic E-state index is 5.78. The van der Waals surface area contributed by atoms with E-state index in [-0.39, 0.29) is 30.1 Å². The molecule has 0 bridgehead atoms. The van der Waals surface area contributed by atoms with E-state index in [4.69, 9.17) is 13.9 Å². The van der Waals surface area contributed by atoms with E-state index in [2.05, 4.69) is 46.6 Å². The molecule has 1 unspecified atom stereocenters. The number of nitrogens with zero attached hydrogens (tertiary/aromatic N) is 2. The highest BCUT2D eigenvalue weighted by Crippen LogP contribution is 2.19. The van der Waals surface area contributed by atoms with Crippen molar-refractivity contribution < 1.29 is 13.9 Å². The number of oxazole rings is 1. The summed E-state index contributed by atoms with van der Waals surface area (Å²) in [5.74, 6) is 1.48. The van der Waals surface area contributed by atoms with Crippen LogP contribution < -0.4 is 10.6 Å². The predicted octanol–water partition coefficient (Wildman–Crippen LogP) is 3.56. The summed E-state index contributed by atoms with van der Waals surface area (Å²) in [7, 11) is 0. The third-order valence-electron chi connectivity index (χ3n) is 4.68. The fourth-order valence-electron chi connectivity index (χ4n) is 3.05. The Bertz CT molecular complexity index is 758. The van der Waals surface area contributed by atoms with Crippen LogP contribution in [0.4, 0.5) is 0 Å². The van der Waals surface area contributed by atoms with E-state index in [0.29, 0.717) is 5.89 Å². The summed E-state index contributed by atoms with van der Waals surface area (Å²) in [5, 5.41) is 6.63. The molecule has 1 aliphatic heterocycles. The van der Waals surface area contributed by atoms with Crippen molar-refractivity contribution in [3.05, 3.63) is 41.8 Å². The molecular weight excluding hydrogens is 495 g/mol. The molecule has 1 aliphatic rings. The van der Waals surface area contributed by atoms with Gasteiger partial charge < -0.3 is 24.5 Å². The molecule has 1 saturated heterocycles. The molecule has 0 aliphatic carbocycles. The van der Waals surface area contributed by atoms with Gasteiger partial charge in [0.25, 0.3) is 0 Å². The average molecular weight is 528 g/mol. The molecular formula is C22H33IN4O3. The van der Waals surface area contributed by atoms with Crippen molar-refractivity contribution in [2.24, 2.45) is 4.99 Å². The molecule has 0 amide bonds. The Balaban J connectivity index is 0.00000320. The van der Waals surface area contributed by atoms with Gasteiger partial charge in [0, 0.05) is 44.8 Å². The van der Waals surface area contributed by atoms with Crippen LogP contribution in [0.3, 0.4) is 0 Å². The van der Waals surface area contributed by atoms with E-state index in [1.165, 1.54) is 5.56 Å². The van der Waals surface area contributed by atoms with Gasteiger partial charge in [0.05, 0.1) is 18.4 Å². The number of hydrogen-bond acceptors (Lipinski definition) is 5. The zero-order valence-electron chi connectivity index (χ0n) is 17.9. The van der Waals surface area contributed by atoms with Crippen LogP contribution in [0.15, 0.2) is 39.9 Å².